The third-order valence-corrected chi connectivity index (χ3v) is 11.1. The standard InChI is InChI=1S/C38H45BN2O5/c1-26-12-11-17-29(18-26)24-43-25-31-23-38(46-41-31,22-28-15-9-6-10-16-28)35(42)40-34(19-27-13-7-5-8-14-27)39-44-33-21-30-20-32(36(30,2)3)37(33,4)45-39/h5-18,30,32-34H,19-25H2,1-4H3,(H,40,42)/t30-,32-,33+,34-,37-,38?/m0/s1. The van der Waals surface area contributed by atoms with Gasteiger partial charge in [0.25, 0.3) is 5.91 Å². The van der Waals surface area contributed by atoms with Crippen LogP contribution < -0.4 is 5.32 Å². The summed E-state index contributed by atoms with van der Waals surface area (Å²) in [4.78, 5) is 20.7. The highest BCUT2D eigenvalue weighted by molar-refractivity contribution is 6.48. The van der Waals surface area contributed by atoms with Crippen LogP contribution in [0.1, 0.15) is 62.3 Å². The molecule has 2 heterocycles. The van der Waals surface area contributed by atoms with Crippen molar-refractivity contribution in [3.63, 3.8) is 0 Å². The van der Waals surface area contributed by atoms with Gasteiger partial charge in [-0.25, -0.2) is 0 Å². The predicted molar refractivity (Wildman–Crippen MR) is 179 cm³/mol. The number of nitrogens with zero attached hydrogens (tertiary/aromatic N) is 1. The molecule has 7 nitrogen and oxygen atoms in total. The lowest BCUT2D eigenvalue weighted by Crippen LogP contribution is -2.65. The zero-order chi connectivity index (χ0) is 31.9. The molecule has 2 bridgehead atoms. The normalized spacial score (nSPS) is 29.7. The maximum atomic E-state index is 14.5. The summed E-state index contributed by atoms with van der Waals surface area (Å²) < 4.78 is 19.6. The van der Waals surface area contributed by atoms with Crippen LogP contribution >= 0.6 is 0 Å². The molecule has 5 aliphatic rings. The lowest BCUT2D eigenvalue weighted by Gasteiger charge is -2.64. The van der Waals surface area contributed by atoms with Crippen molar-refractivity contribution >= 4 is 18.7 Å². The van der Waals surface area contributed by atoms with Gasteiger partial charge in [-0.15, -0.1) is 0 Å². The Balaban J connectivity index is 1.10. The molecule has 0 aromatic heterocycles. The van der Waals surface area contributed by atoms with E-state index in [-0.39, 0.29) is 23.0 Å². The molecule has 1 saturated heterocycles. The molecule has 46 heavy (non-hydrogen) atoms. The average Bonchev–Trinajstić information content (AvgIpc) is 3.63. The van der Waals surface area contributed by atoms with E-state index >= 15 is 0 Å². The minimum absolute atomic E-state index is 0.0194. The van der Waals surface area contributed by atoms with Crippen LogP contribution in [0.3, 0.4) is 0 Å². The number of benzene rings is 3. The first-order valence-corrected chi connectivity index (χ1v) is 16.7. The maximum Gasteiger partial charge on any atom is 0.482 e. The SMILES string of the molecule is Cc1cccc(COCC2=NOC(Cc3ccccc3)(C(=O)N[C@@H](Cc3ccccc3)B3O[C@@H]4C[C@@H]5C[C@@H](C5(C)C)[C@]4(C)O3)C2)c1. The monoisotopic (exact) mass is 620 g/mol. The summed E-state index contributed by atoms with van der Waals surface area (Å²) in [5.41, 5.74) is 3.76. The van der Waals surface area contributed by atoms with Gasteiger partial charge in [0.2, 0.25) is 5.60 Å². The summed E-state index contributed by atoms with van der Waals surface area (Å²) >= 11 is 0. The third-order valence-electron chi connectivity index (χ3n) is 11.1. The fraction of sp³-hybridized carbons (Fsp3) is 0.474. The van der Waals surface area contributed by atoms with Gasteiger partial charge in [0.1, 0.15) is 0 Å². The lowest BCUT2D eigenvalue weighted by molar-refractivity contribution is -0.199. The van der Waals surface area contributed by atoms with Crippen molar-refractivity contribution in [2.75, 3.05) is 6.61 Å². The van der Waals surface area contributed by atoms with E-state index in [9.17, 15) is 4.79 Å². The quantitative estimate of drug-likeness (QED) is 0.256. The van der Waals surface area contributed by atoms with Gasteiger partial charge in [-0.3, -0.25) is 4.79 Å². The minimum atomic E-state index is -1.21. The number of hydrogen-bond acceptors (Lipinski definition) is 6. The van der Waals surface area contributed by atoms with Crippen LogP contribution in [0.2, 0.25) is 0 Å². The number of amides is 1. The topological polar surface area (TPSA) is 78.4 Å². The zero-order valence-electron chi connectivity index (χ0n) is 27.4. The summed E-state index contributed by atoms with van der Waals surface area (Å²) in [5.74, 6) is 0.451. The number of oxime groups is 1. The Bertz CT molecular complexity index is 1580. The molecule has 3 aliphatic carbocycles. The Morgan fingerprint density at radius 3 is 2.39 bits per heavy atom. The fourth-order valence-electron chi connectivity index (χ4n) is 8.39. The molecule has 0 spiro atoms. The minimum Gasteiger partial charge on any atom is -0.404 e. The molecule has 240 valence electrons. The van der Waals surface area contributed by atoms with Gasteiger partial charge >= 0.3 is 7.12 Å². The van der Waals surface area contributed by atoms with E-state index in [2.05, 4.69) is 62.4 Å². The van der Waals surface area contributed by atoms with Gasteiger partial charge in [-0.1, -0.05) is 109 Å². The predicted octanol–water partition coefficient (Wildman–Crippen LogP) is 6.26. The second-order valence-electron chi connectivity index (χ2n) is 14.7. The van der Waals surface area contributed by atoms with Gasteiger partial charge in [0.15, 0.2) is 0 Å². The molecule has 4 fully saturated rings. The van der Waals surface area contributed by atoms with Crippen molar-refractivity contribution in [2.24, 2.45) is 22.4 Å². The van der Waals surface area contributed by atoms with Crippen LogP contribution in [0.15, 0.2) is 90.1 Å². The van der Waals surface area contributed by atoms with Gasteiger partial charge in [-0.05, 0) is 67.1 Å². The first-order valence-electron chi connectivity index (χ1n) is 16.7. The molecule has 3 saturated carbocycles. The largest absolute Gasteiger partial charge is 0.482 e. The number of carbonyl (C=O) groups excluding carboxylic acids is 1. The Labute approximate surface area is 273 Å². The van der Waals surface area contributed by atoms with Crippen LogP contribution in [0, 0.1) is 24.2 Å². The van der Waals surface area contributed by atoms with Crippen molar-refractivity contribution in [3.05, 3.63) is 107 Å². The number of rotatable bonds is 11. The molecule has 1 amide bonds. The molecule has 2 aliphatic heterocycles. The van der Waals surface area contributed by atoms with E-state index in [4.69, 9.17) is 18.9 Å². The van der Waals surface area contributed by atoms with Crippen LogP contribution in [0.5, 0.6) is 0 Å². The van der Waals surface area contributed by atoms with E-state index in [0.29, 0.717) is 50.0 Å². The molecular weight excluding hydrogens is 575 g/mol. The number of aryl methyl sites for hydroxylation is 1. The highest BCUT2D eigenvalue weighted by Crippen LogP contribution is 2.65. The summed E-state index contributed by atoms with van der Waals surface area (Å²) in [6.45, 7) is 9.76. The van der Waals surface area contributed by atoms with Crippen molar-refractivity contribution in [2.45, 2.75) is 89.7 Å². The van der Waals surface area contributed by atoms with Gasteiger partial charge < -0.3 is 24.2 Å². The zero-order valence-corrected chi connectivity index (χ0v) is 27.4. The van der Waals surface area contributed by atoms with Crippen molar-refractivity contribution in [1.29, 1.82) is 0 Å². The Morgan fingerprint density at radius 2 is 1.67 bits per heavy atom. The van der Waals surface area contributed by atoms with Crippen LogP contribution in [0.25, 0.3) is 0 Å². The Kier molecular flexibility index (Phi) is 8.33. The number of carbonyl (C=O) groups is 1. The van der Waals surface area contributed by atoms with Gasteiger partial charge in [0, 0.05) is 12.8 Å². The van der Waals surface area contributed by atoms with Gasteiger partial charge in [-0.2, -0.15) is 0 Å². The highest BCUT2D eigenvalue weighted by atomic mass is 16.7. The van der Waals surface area contributed by atoms with E-state index in [0.717, 1.165) is 23.1 Å². The van der Waals surface area contributed by atoms with Gasteiger partial charge in [0.05, 0.1) is 36.6 Å². The van der Waals surface area contributed by atoms with Crippen molar-refractivity contribution < 1.29 is 23.7 Å². The summed E-state index contributed by atoms with van der Waals surface area (Å²) in [5, 5.41) is 7.78. The van der Waals surface area contributed by atoms with E-state index in [1.165, 1.54) is 12.0 Å². The first kappa shape index (κ1) is 31.2. The molecular formula is C38H45BN2O5. The van der Waals surface area contributed by atoms with Crippen molar-refractivity contribution in [3.8, 4) is 0 Å². The van der Waals surface area contributed by atoms with Crippen LogP contribution in [-0.4, -0.2) is 48.6 Å². The summed E-state index contributed by atoms with van der Waals surface area (Å²) in [6, 6.07) is 28.5. The van der Waals surface area contributed by atoms with E-state index in [1.54, 1.807) is 0 Å². The lowest BCUT2D eigenvalue weighted by atomic mass is 9.43. The summed E-state index contributed by atoms with van der Waals surface area (Å²) in [7, 11) is -0.567. The van der Waals surface area contributed by atoms with Crippen molar-refractivity contribution in [1.82, 2.24) is 5.32 Å². The number of nitrogens with one attached hydrogen (secondary N) is 1. The van der Waals surface area contributed by atoms with Crippen LogP contribution in [0.4, 0.5) is 0 Å². The fourth-order valence-corrected chi connectivity index (χ4v) is 8.39. The average molecular weight is 621 g/mol. The molecule has 8 rings (SSSR count). The molecule has 1 N–H and O–H groups in total. The molecule has 8 heteroatoms. The molecule has 6 atom stereocenters. The smallest absolute Gasteiger partial charge is 0.404 e. The molecule has 1 unspecified atom stereocenters. The third kappa shape index (κ3) is 5.91. The number of ether oxygens (including phenoxy) is 1. The van der Waals surface area contributed by atoms with E-state index < -0.39 is 18.7 Å². The molecule has 0 radical (unpaired) electrons. The number of hydrogen-bond donors (Lipinski definition) is 1. The van der Waals surface area contributed by atoms with Crippen LogP contribution in [-0.2, 0) is 43.1 Å². The Morgan fingerprint density at radius 1 is 0.957 bits per heavy atom. The maximum absolute atomic E-state index is 14.5. The second kappa shape index (κ2) is 12.3. The second-order valence-corrected chi connectivity index (χ2v) is 14.7. The highest BCUT2D eigenvalue weighted by Gasteiger charge is 2.68. The molecule has 3 aromatic carbocycles. The first-order chi connectivity index (χ1) is 22.1. The Hall–Kier alpha value is -3.46. The van der Waals surface area contributed by atoms with E-state index in [1.807, 2.05) is 60.7 Å². The summed E-state index contributed by atoms with van der Waals surface area (Å²) in [6.07, 6.45) is 3.48. The molecule has 3 aromatic rings.